The van der Waals surface area contributed by atoms with Crippen LogP contribution in [-0.4, -0.2) is 37.8 Å². The maximum Gasteiger partial charge on any atom is 0.261 e. The summed E-state index contributed by atoms with van der Waals surface area (Å²) in [6.45, 7) is 8.61. The molecule has 0 radical (unpaired) electrons. The summed E-state index contributed by atoms with van der Waals surface area (Å²) in [5.41, 5.74) is 2.96. The first-order chi connectivity index (χ1) is 15.7. The van der Waals surface area contributed by atoms with E-state index in [1.54, 1.807) is 30.9 Å². The van der Waals surface area contributed by atoms with E-state index in [1.807, 2.05) is 25.1 Å². The van der Waals surface area contributed by atoms with Crippen LogP contribution in [0.5, 0.6) is 0 Å². The van der Waals surface area contributed by atoms with Crippen molar-refractivity contribution in [1.29, 1.82) is 0 Å². The summed E-state index contributed by atoms with van der Waals surface area (Å²) in [6, 6.07) is 7.33. The van der Waals surface area contributed by atoms with Gasteiger partial charge in [0.2, 0.25) is 0 Å². The molecule has 4 aromatic rings. The Labute approximate surface area is 195 Å². The number of H-pyrrole nitrogens is 1. The molecule has 33 heavy (non-hydrogen) atoms. The summed E-state index contributed by atoms with van der Waals surface area (Å²) in [4.78, 5) is 42.9. The fourth-order valence-corrected chi connectivity index (χ4v) is 3.92. The first-order valence-electron chi connectivity index (χ1n) is 10.6. The fourth-order valence-electron chi connectivity index (χ4n) is 3.04. The third kappa shape index (κ3) is 5.09. The highest BCUT2D eigenvalue weighted by molar-refractivity contribution is 7.17. The van der Waals surface area contributed by atoms with E-state index in [-0.39, 0.29) is 23.3 Å². The number of aromatic amines is 1. The molecule has 0 aliphatic rings. The highest BCUT2D eigenvalue weighted by atomic mass is 32.1. The van der Waals surface area contributed by atoms with Crippen LogP contribution in [0.2, 0.25) is 0 Å². The molecule has 0 aromatic carbocycles. The Hall–Kier alpha value is -3.59. The van der Waals surface area contributed by atoms with Crippen LogP contribution in [0.4, 0.5) is 0 Å². The molecule has 0 saturated carbocycles. The number of hydrogen-bond donors (Lipinski definition) is 3. The molecule has 0 fully saturated rings. The maximum atomic E-state index is 12.9. The van der Waals surface area contributed by atoms with E-state index < -0.39 is 0 Å². The summed E-state index contributed by atoms with van der Waals surface area (Å²) in [5, 5.41) is 5.94. The average Bonchev–Trinajstić information content (AvgIpc) is 3.44. The number of hydrogen-bond acceptors (Lipinski definition) is 6. The average molecular weight is 463 g/mol. The van der Waals surface area contributed by atoms with E-state index in [0.29, 0.717) is 33.8 Å². The largest absolute Gasteiger partial charge is 0.349 e. The SMILES string of the molecule is CC(NC(=O)c1c[nH]c2ncc(-c3ccc(C(=O)NCc4cccnc4)s3)nc12)C(C)(C)C. The monoisotopic (exact) mass is 462 g/mol. The molecule has 4 heterocycles. The summed E-state index contributed by atoms with van der Waals surface area (Å²) in [6.07, 6.45) is 6.68. The molecule has 9 heteroatoms. The Morgan fingerprint density at radius 3 is 2.70 bits per heavy atom. The van der Waals surface area contributed by atoms with Gasteiger partial charge in [0, 0.05) is 31.2 Å². The Morgan fingerprint density at radius 1 is 1.15 bits per heavy atom. The molecule has 2 amide bonds. The lowest BCUT2D eigenvalue weighted by molar-refractivity contribution is 0.0910. The Bertz CT molecular complexity index is 1290. The molecule has 3 N–H and O–H groups in total. The minimum Gasteiger partial charge on any atom is -0.349 e. The number of thiophene rings is 1. The van der Waals surface area contributed by atoms with Gasteiger partial charge in [-0.2, -0.15) is 0 Å². The third-order valence-corrected chi connectivity index (χ3v) is 6.64. The normalized spacial score (nSPS) is 12.5. The summed E-state index contributed by atoms with van der Waals surface area (Å²) >= 11 is 1.33. The second-order valence-corrected chi connectivity index (χ2v) is 10.0. The van der Waals surface area contributed by atoms with Crippen molar-refractivity contribution in [3.05, 3.63) is 65.1 Å². The second-order valence-electron chi connectivity index (χ2n) is 8.92. The maximum absolute atomic E-state index is 12.9. The van der Waals surface area contributed by atoms with E-state index in [9.17, 15) is 9.59 Å². The molecule has 4 rings (SSSR count). The smallest absolute Gasteiger partial charge is 0.261 e. The Morgan fingerprint density at radius 2 is 1.97 bits per heavy atom. The van der Waals surface area contributed by atoms with Crippen LogP contribution in [0, 0.1) is 5.41 Å². The zero-order chi connectivity index (χ0) is 23.6. The zero-order valence-electron chi connectivity index (χ0n) is 19.0. The second kappa shape index (κ2) is 9.11. The molecule has 0 aliphatic heterocycles. The van der Waals surface area contributed by atoms with Gasteiger partial charge in [0.15, 0.2) is 5.65 Å². The van der Waals surface area contributed by atoms with Crippen molar-refractivity contribution >= 4 is 34.3 Å². The molecular formula is C24H26N6O2S. The van der Waals surface area contributed by atoms with E-state index in [4.69, 9.17) is 0 Å². The number of aromatic nitrogens is 4. The lowest BCUT2D eigenvalue weighted by atomic mass is 9.88. The molecule has 1 unspecified atom stereocenters. The summed E-state index contributed by atoms with van der Waals surface area (Å²) < 4.78 is 0. The molecule has 0 spiro atoms. The van der Waals surface area contributed by atoms with Gasteiger partial charge in [0.25, 0.3) is 11.8 Å². The number of carbonyl (C=O) groups excluding carboxylic acids is 2. The zero-order valence-corrected chi connectivity index (χ0v) is 19.8. The first-order valence-corrected chi connectivity index (χ1v) is 11.5. The molecule has 0 bridgehead atoms. The number of amides is 2. The van der Waals surface area contributed by atoms with Gasteiger partial charge in [-0.25, -0.2) is 9.97 Å². The Kier molecular flexibility index (Phi) is 6.24. The molecule has 170 valence electrons. The number of fused-ring (bicyclic) bond motifs is 1. The number of rotatable bonds is 6. The molecule has 4 aromatic heterocycles. The number of pyridine rings is 1. The summed E-state index contributed by atoms with van der Waals surface area (Å²) in [7, 11) is 0. The molecular weight excluding hydrogens is 436 g/mol. The molecule has 1 atom stereocenters. The first kappa shape index (κ1) is 22.6. The van der Waals surface area contributed by atoms with Crippen molar-refractivity contribution in [3.8, 4) is 10.6 Å². The van der Waals surface area contributed by atoms with Gasteiger partial charge < -0.3 is 15.6 Å². The number of nitrogens with zero attached hydrogens (tertiary/aromatic N) is 3. The predicted molar refractivity (Wildman–Crippen MR) is 129 cm³/mol. The van der Waals surface area contributed by atoms with Gasteiger partial charge in [0.05, 0.1) is 27.2 Å². The van der Waals surface area contributed by atoms with Crippen molar-refractivity contribution in [2.75, 3.05) is 0 Å². The third-order valence-electron chi connectivity index (χ3n) is 5.53. The summed E-state index contributed by atoms with van der Waals surface area (Å²) in [5.74, 6) is -0.362. The predicted octanol–water partition coefficient (Wildman–Crippen LogP) is 4.18. The molecule has 0 aliphatic carbocycles. The van der Waals surface area contributed by atoms with Gasteiger partial charge in [-0.1, -0.05) is 26.8 Å². The van der Waals surface area contributed by atoms with Crippen molar-refractivity contribution < 1.29 is 9.59 Å². The van der Waals surface area contributed by atoms with Crippen molar-refractivity contribution in [2.45, 2.75) is 40.3 Å². The van der Waals surface area contributed by atoms with Gasteiger partial charge in [-0.15, -0.1) is 11.3 Å². The topological polar surface area (TPSA) is 113 Å². The van der Waals surface area contributed by atoms with E-state index in [2.05, 4.69) is 51.3 Å². The quantitative estimate of drug-likeness (QED) is 0.398. The van der Waals surface area contributed by atoms with Gasteiger partial charge in [-0.3, -0.25) is 14.6 Å². The highest BCUT2D eigenvalue weighted by Crippen LogP contribution is 2.28. The lowest BCUT2D eigenvalue weighted by Crippen LogP contribution is -2.41. The van der Waals surface area contributed by atoms with Crippen LogP contribution in [0.1, 0.15) is 53.3 Å². The lowest BCUT2D eigenvalue weighted by Gasteiger charge is -2.27. The van der Waals surface area contributed by atoms with Crippen LogP contribution in [-0.2, 0) is 6.54 Å². The fraction of sp³-hybridized carbons (Fsp3) is 0.292. The van der Waals surface area contributed by atoms with Crippen LogP contribution in [0.15, 0.2) is 49.1 Å². The van der Waals surface area contributed by atoms with Crippen molar-refractivity contribution in [2.24, 2.45) is 5.41 Å². The van der Waals surface area contributed by atoms with E-state index >= 15 is 0 Å². The minimum absolute atomic E-state index is 0.0175. The Balaban J connectivity index is 1.52. The van der Waals surface area contributed by atoms with E-state index in [0.717, 1.165) is 10.4 Å². The molecule has 8 nitrogen and oxygen atoms in total. The number of nitrogens with one attached hydrogen (secondary N) is 3. The van der Waals surface area contributed by atoms with Gasteiger partial charge in [-0.05, 0) is 36.1 Å². The van der Waals surface area contributed by atoms with Crippen LogP contribution in [0.3, 0.4) is 0 Å². The van der Waals surface area contributed by atoms with Crippen LogP contribution in [0.25, 0.3) is 21.7 Å². The minimum atomic E-state index is -0.197. The highest BCUT2D eigenvalue weighted by Gasteiger charge is 2.24. The number of carbonyl (C=O) groups is 2. The van der Waals surface area contributed by atoms with E-state index in [1.165, 1.54) is 11.3 Å². The van der Waals surface area contributed by atoms with Gasteiger partial charge >= 0.3 is 0 Å². The van der Waals surface area contributed by atoms with Crippen molar-refractivity contribution in [1.82, 2.24) is 30.6 Å². The van der Waals surface area contributed by atoms with Crippen LogP contribution < -0.4 is 10.6 Å². The van der Waals surface area contributed by atoms with Crippen LogP contribution >= 0.6 is 11.3 Å². The van der Waals surface area contributed by atoms with Crippen molar-refractivity contribution in [3.63, 3.8) is 0 Å². The standard InChI is InChI=1S/C24H26N6O2S/c1-14(24(2,3)4)29-22(31)16-12-26-21-20(16)30-17(13-27-21)18-7-8-19(33-18)23(32)28-11-15-6-5-9-25-10-15/h5-10,12-14H,11H2,1-4H3,(H,26,27)(H,28,32)(H,29,31). The van der Waals surface area contributed by atoms with Gasteiger partial charge in [0.1, 0.15) is 5.52 Å². The molecule has 0 saturated heterocycles.